The normalized spacial score (nSPS) is 14.3. The van der Waals surface area contributed by atoms with Crippen molar-refractivity contribution >= 4 is 10.8 Å². The van der Waals surface area contributed by atoms with E-state index in [0.29, 0.717) is 11.4 Å². The summed E-state index contributed by atoms with van der Waals surface area (Å²) in [7, 11) is 0.417. The first kappa shape index (κ1) is 14.2. The number of rotatable bonds is 7. The maximum atomic E-state index is 11.9. The molecule has 17 heavy (non-hydrogen) atoms. The van der Waals surface area contributed by atoms with Crippen molar-refractivity contribution in [1.29, 1.82) is 0 Å². The molecule has 0 aliphatic carbocycles. The molecule has 1 aromatic carbocycles. The highest BCUT2D eigenvalue weighted by Gasteiger charge is 2.10. The van der Waals surface area contributed by atoms with Crippen molar-refractivity contribution in [2.75, 3.05) is 26.0 Å². The van der Waals surface area contributed by atoms with Crippen molar-refractivity contribution in [3.63, 3.8) is 0 Å². The summed E-state index contributed by atoms with van der Waals surface area (Å²) in [6.07, 6.45) is -0.585. The summed E-state index contributed by atoms with van der Waals surface area (Å²) in [6, 6.07) is 7.05. The van der Waals surface area contributed by atoms with Gasteiger partial charge in [0, 0.05) is 11.4 Å². The molecule has 2 atom stereocenters. The molecule has 0 saturated heterocycles. The van der Waals surface area contributed by atoms with E-state index in [2.05, 4.69) is 5.32 Å². The summed E-state index contributed by atoms with van der Waals surface area (Å²) >= 11 is 0. The van der Waals surface area contributed by atoms with Gasteiger partial charge in [0.05, 0.1) is 29.8 Å². The predicted molar refractivity (Wildman–Crippen MR) is 68.8 cm³/mol. The maximum absolute atomic E-state index is 11.9. The van der Waals surface area contributed by atoms with Gasteiger partial charge in [-0.25, -0.2) is 0 Å². The van der Waals surface area contributed by atoms with Crippen LogP contribution < -0.4 is 10.1 Å². The van der Waals surface area contributed by atoms with Crippen LogP contribution in [0.1, 0.15) is 6.92 Å². The van der Waals surface area contributed by atoms with Gasteiger partial charge in [0.1, 0.15) is 5.75 Å². The Hall–Kier alpha value is -0.910. The van der Waals surface area contributed by atoms with Gasteiger partial charge in [-0.1, -0.05) is 6.92 Å². The molecule has 0 aromatic heterocycles. The molecule has 0 aliphatic rings. The molecule has 0 saturated carbocycles. The van der Waals surface area contributed by atoms with E-state index in [4.69, 9.17) is 4.74 Å². The van der Waals surface area contributed by atoms with Crippen LogP contribution in [0.15, 0.2) is 29.2 Å². The van der Waals surface area contributed by atoms with Crippen LogP contribution in [-0.4, -0.2) is 41.4 Å². The standard InChI is InChI=1S/C12H19NO3S/c1-3-13-8-10(14)9-17(15)12-6-4-11(16-2)5-7-12/h4-7,10,13-14H,3,8-9H2,1-2H3. The van der Waals surface area contributed by atoms with Crippen molar-refractivity contribution in [2.24, 2.45) is 0 Å². The summed E-state index contributed by atoms with van der Waals surface area (Å²) in [6.45, 7) is 3.23. The highest BCUT2D eigenvalue weighted by Crippen LogP contribution is 2.14. The molecule has 2 N–H and O–H groups in total. The molecule has 96 valence electrons. The van der Waals surface area contributed by atoms with Crippen LogP contribution in [0.5, 0.6) is 5.75 Å². The quantitative estimate of drug-likeness (QED) is 0.757. The average molecular weight is 257 g/mol. The van der Waals surface area contributed by atoms with Crippen LogP contribution in [0.4, 0.5) is 0 Å². The molecular weight excluding hydrogens is 238 g/mol. The van der Waals surface area contributed by atoms with E-state index >= 15 is 0 Å². The summed E-state index contributed by atoms with van der Waals surface area (Å²) in [5.74, 6) is 0.984. The third kappa shape index (κ3) is 4.85. The van der Waals surface area contributed by atoms with Crippen molar-refractivity contribution in [1.82, 2.24) is 5.32 Å². The zero-order valence-corrected chi connectivity index (χ0v) is 11.0. The Morgan fingerprint density at radius 1 is 1.41 bits per heavy atom. The second-order valence-corrected chi connectivity index (χ2v) is 5.15. The molecule has 0 fully saturated rings. The molecule has 2 unspecified atom stereocenters. The summed E-state index contributed by atoms with van der Waals surface area (Å²) < 4.78 is 16.9. The van der Waals surface area contributed by atoms with Gasteiger partial charge in [-0.15, -0.1) is 0 Å². The molecule has 5 heteroatoms. The molecule has 0 radical (unpaired) electrons. The SMILES string of the molecule is CCNCC(O)CS(=O)c1ccc(OC)cc1. The van der Waals surface area contributed by atoms with Crippen LogP contribution in [0.25, 0.3) is 0 Å². The van der Waals surface area contributed by atoms with Crippen LogP contribution in [-0.2, 0) is 10.8 Å². The minimum absolute atomic E-state index is 0.249. The average Bonchev–Trinajstić information content (AvgIpc) is 2.36. The van der Waals surface area contributed by atoms with E-state index in [1.807, 2.05) is 6.92 Å². The van der Waals surface area contributed by atoms with Crippen molar-refractivity contribution in [2.45, 2.75) is 17.9 Å². The number of methoxy groups -OCH3 is 1. The number of nitrogens with one attached hydrogen (secondary N) is 1. The van der Waals surface area contributed by atoms with Crippen molar-refractivity contribution < 1.29 is 14.1 Å². The fraction of sp³-hybridized carbons (Fsp3) is 0.500. The molecule has 1 rings (SSSR count). The zero-order chi connectivity index (χ0) is 12.7. The van der Waals surface area contributed by atoms with Crippen LogP contribution in [0.3, 0.4) is 0 Å². The second-order valence-electron chi connectivity index (χ2n) is 3.65. The van der Waals surface area contributed by atoms with Gasteiger partial charge in [-0.05, 0) is 30.8 Å². The van der Waals surface area contributed by atoms with Crippen LogP contribution >= 0.6 is 0 Å². The highest BCUT2D eigenvalue weighted by atomic mass is 32.2. The van der Waals surface area contributed by atoms with Gasteiger partial charge >= 0.3 is 0 Å². The summed E-state index contributed by atoms with van der Waals surface area (Å²) in [5.41, 5.74) is 0. The first-order chi connectivity index (χ1) is 8.17. The van der Waals surface area contributed by atoms with Crippen molar-refractivity contribution in [3.8, 4) is 5.75 Å². The number of hydrogen-bond donors (Lipinski definition) is 2. The Kier molecular flexibility index (Phi) is 6.18. The number of benzene rings is 1. The number of hydrogen-bond acceptors (Lipinski definition) is 4. The van der Waals surface area contributed by atoms with Gasteiger partial charge in [0.25, 0.3) is 0 Å². The number of likely N-dealkylation sites (N-methyl/N-ethyl adjacent to an activating group) is 1. The first-order valence-electron chi connectivity index (χ1n) is 5.58. The number of ether oxygens (including phenoxy) is 1. The fourth-order valence-corrected chi connectivity index (χ4v) is 2.47. The third-order valence-electron chi connectivity index (χ3n) is 2.30. The number of aliphatic hydroxyl groups excluding tert-OH is 1. The lowest BCUT2D eigenvalue weighted by molar-refractivity contribution is 0.195. The van der Waals surface area contributed by atoms with E-state index in [1.54, 1.807) is 31.4 Å². The lowest BCUT2D eigenvalue weighted by atomic mass is 10.3. The largest absolute Gasteiger partial charge is 0.497 e. The van der Waals surface area contributed by atoms with Gasteiger partial charge < -0.3 is 15.2 Å². The third-order valence-corrected chi connectivity index (χ3v) is 3.78. The van der Waals surface area contributed by atoms with E-state index in [9.17, 15) is 9.32 Å². The van der Waals surface area contributed by atoms with Crippen LogP contribution in [0.2, 0.25) is 0 Å². The fourth-order valence-electron chi connectivity index (χ4n) is 1.37. The molecule has 0 amide bonds. The molecule has 0 bridgehead atoms. The minimum Gasteiger partial charge on any atom is -0.497 e. The molecule has 0 heterocycles. The molecule has 1 aromatic rings. The van der Waals surface area contributed by atoms with E-state index < -0.39 is 16.9 Å². The van der Waals surface area contributed by atoms with Crippen LogP contribution in [0, 0.1) is 0 Å². The Labute approximate surface area is 104 Å². The van der Waals surface area contributed by atoms with Gasteiger partial charge in [-0.2, -0.15) is 0 Å². The lowest BCUT2D eigenvalue weighted by Crippen LogP contribution is -2.30. The molecule has 4 nitrogen and oxygen atoms in total. The predicted octanol–water partition coefficient (Wildman–Crippen LogP) is 0.773. The zero-order valence-electron chi connectivity index (χ0n) is 10.2. The highest BCUT2D eigenvalue weighted by molar-refractivity contribution is 7.85. The van der Waals surface area contributed by atoms with E-state index in [1.165, 1.54) is 0 Å². The van der Waals surface area contributed by atoms with Gasteiger partial charge in [-0.3, -0.25) is 4.21 Å². The van der Waals surface area contributed by atoms with Gasteiger partial charge in [0.2, 0.25) is 0 Å². The summed E-state index contributed by atoms with van der Waals surface area (Å²) in [5, 5.41) is 12.7. The number of aliphatic hydroxyl groups is 1. The minimum atomic E-state index is -1.17. The van der Waals surface area contributed by atoms with Crippen molar-refractivity contribution in [3.05, 3.63) is 24.3 Å². The topological polar surface area (TPSA) is 58.6 Å². The second kappa shape index (κ2) is 7.42. The molecule has 0 spiro atoms. The molecular formula is C12H19NO3S. The van der Waals surface area contributed by atoms with E-state index in [0.717, 1.165) is 12.3 Å². The Morgan fingerprint density at radius 3 is 2.59 bits per heavy atom. The first-order valence-corrected chi connectivity index (χ1v) is 6.90. The maximum Gasteiger partial charge on any atom is 0.118 e. The Bertz CT molecular complexity index is 353. The lowest BCUT2D eigenvalue weighted by Gasteiger charge is -2.10. The molecule has 0 aliphatic heterocycles. The monoisotopic (exact) mass is 257 g/mol. The van der Waals surface area contributed by atoms with Gasteiger partial charge in [0.15, 0.2) is 0 Å². The Balaban J connectivity index is 2.51. The smallest absolute Gasteiger partial charge is 0.118 e. The van der Waals surface area contributed by atoms with E-state index in [-0.39, 0.29) is 5.75 Å². The summed E-state index contributed by atoms with van der Waals surface area (Å²) in [4.78, 5) is 0.710. The Morgan fingerprint density at radius 2 is 2.06 bits per heavy atom.